The Hall–Kier alpha value is -0.790. The Kier molecular flexibility index (Phi) is 10.2. The zero-order valence-corrected chi connectivity index (χ0v) is 10.6. The number of hydrogen-bond donors (Lipinski definition) is 1. The molecule has 2 heteroatoms. The Bertz CT molecular complexity index is 187. The van der Waals surface area contributed by atoms with Crippen LogP contribution >= 0.6 is 0 Å². The number of hydrogen-bond acceptors (Lipinski definition) is 1. The average Bonchev–Trinajstić information content (AvgIpc) is 2.26. The lowest BCUT2D eigenvalue weighted by molar-refractivity contribution is -0.137. The molecular formula is C14H26O2. The Morgan fingerprint density at radius 3 is 2.38 bits per heavy atom. The van der Waals surface area contributed by atoms with Crippen LogP contribution in [0.4, 0.5) is 0 Å². The minimum absolute atomic E-state index is 0.325. The number of rotatable bonds is 11. The predicted molar refractivity (Wildman–Crippen MR) is 68.5 cm³/mol. The normalized spacial score (nSPS) is 12.3. The summed E-state index contributed by atoms with van der Waals surface area (Å²) in [6.07, 6.45) is 11.7. The summed E-state index contributed by atoms with van der Waals surface area (Å²) in [5, 5.41) is 8.47. The van der Waals surface area contributed by atoms with Crippen LogP contribution in [0.15, 0.2) is 12.7 Å². The summed E-state index contributed by atoms with van der Waals surface area (Å²) >= 11 is 0. The first kappa shape index (κ1) is 15.2. The molecule has 0 rings (SSSR count). The van der Waals surface area contributed by atoms with Gasteiger partial charge in [-0.05, 0) is 25.2 Å². The van der Waals surface area contributed by atoms with Crippen molar-refractivity contribution in [2.24, 2.45) is 5.92 Å². The molecule has 0 radical (unpaired) electrons. The Labute approximate surface area is 99.7 Å². The molecular weight excluding hydrogens is 200 g/mol. The maximum absolute atomic E-state index is 10.3. The third kappa shape index (κ3) is 9.75. The van der Waals surface area contributed by atoms with Crippen LogP contribution in [0.2, 0.25) is 0 Å². The van der Waals surface area contributed by atoms with E-state index in [0.29, 0.717) is 12.3 Å². The van der Waals surface area contributed by atoms with Crippen LogP contribution in [-0.2, 0) is 4.79 Å². The lowest BCUT2D eigenvalue weighted by atomic mass is 9.96. The van der Waals surface area contributed by atoms with Gasteiger partial charge in [0, 0.05) is 6.42 Å². The van der Waals surface area contributed by atoms with E-state index < -0.39 is 5.97 Å². The molecule has 0 heterocycles. The summed E-state index contributed by atoms with van der Waals surface area (Å²) in [5.41, 5.74) is 0. The molecule has 0 fully saturated rings. The standard InChI is InChI=1S/C14H26O2/c1-3-10-13(4-2)11-8-6-5-7-9-12-14(15)16/h4,13H,2-3,5-12H2,1H3,(H,15,16). The van der Waals surface area contributed by atoms with Gasteiger partial charge in [-0.25, -0.2) is 0 Å². The van der Waals surface area contributed by atoms with Crippen molar-refractivity contribution in [3.63, 3.8) is 0 Å². The largest absolute Gasteiger partial charge is 0.481 e. The molecule has 0 aromatic carbocycles. The summed E-state index contributed by atoms with van der Waals surface area (Å²) in [4.78, 5) is 10.3. The summed E-state index contributed by atoms with van der Waals surface area (Å²) in [6.45, 7) is 6.07. The van der Waals surface area contributed by atoms with Gasteiger partial charge in [0.15, 0.2) is 0 Å². The predicted octanol–water partition coefficient (Wildman–Crippen LogP) is 4.40. The average molecular weight is 226 g/mol. The van der Waals surface area contributed by atoms with Gasteiger partial charge in [0.05, 0.1) is 0 Å². The van der Waals surface area contributed by atoms with E-state index in [9.17, 15) is 4.79 Å². The van der Waals surface area contributed by atoms with E-state index >= 15 is 0 Å². The van der Waals surface area contributed by atoms with E-state index in [1.165, 1.54) is 38.5 Å². The van der Waals surface area contributed by atoms with E-state index in [4.69, 9.17) is 5.11 Å². The number of allylic oxidation sites excluding steroid dienone is 1. The lowest BCUT2D eigenvalue weighted by Gasteiger charge is -2.10. The van der Waals surface area contributed by atoms with Crippen molar-refractivity contribution in [2.75, 3.05) is 0 Å². The van der Waals surface area contributed by atoms with Crippen molar-refractivity contribution in [3.05, 3.63) is 12.7 Å². The first-order valence-electron chi connectivity index (χ1n) is 6.55. The smallest absolute Gasteiger partial charge is 0.303 e. The van der Waals surface area contributed by atoms with E-state index in [2.05, 4.69) is 19.6 Å². The van der Waals surface area contributed by atoms with Crippen molar-refractivity contribution >= 4 is 5.97 Å². The molecule has 0 amide bonds. The van der Waals surface area contributed by atoms with Crippen molar-refractivity contribution in [1.29, 1.82) is 0 Å². The number of unbranched alkanes of at least 4 members (excludes halogenated alkanes) is 4. The highest BCUT2D eigenvalue weighted by Gasteiger charge is 2.02. The van der Waals surface area contributed by atoms with Gasteiger partial charge in [0.25, 0.3) is 0 Å². The Morgan fingerprint density at radius 2 is 1.81 bits per heavy atom. The monoisotopic (exact) mass is 226 g/mol. The van der Waals surface area contributed by atoms with E-state index in [0.717, 1.165) is 12.8 Å². The molecule has 94 valence electrons. The molecule has 0 saturated heterocycles. The number of carboxylic acid groups (broad SMARTS) is 1. The van der Waals surface area contributed by atoms with Gasteiger partial charge in [0.1, 0.15) is 0 Å². The highest BCUT2D eigenvalue weighted by molar-refractivity contribution is 5.66. The second-order valence-electron chi connectivity index (χ2n) is 4.48. The molecule has 1 atom stereocenters. The fourth-order valence-electron chi connectivity index (χ4n) is 1.96. The number of carboxylic acids is 1. The zero-order chi connectivity index (χ0) is 12.2. The van der Waals surface area contributed by atoms with Crippen LogP contribution in [0.5, 0.6) is 0 Å². The van der Waals surface area contributed by atoms with Gasteiger partial charge >= 0.3 is 5.97 Å². The van der Waals surface area contributed by atoms with Gasteiger partial charge < -0.3 is 5.11 Å². The molecule has 0 aliphatic carbocycles. The van der Waals surface area contributed by atoms with E-state index in [1.54, 1.807) is 0 Å². The fraction of sp³-hybridized carbons (Fsp3) is 0.786. The maximum atomic E-state index is 10.3. The molecule has 1 N–H and O–H groups in total. The summed E-state index contributed by atoms with van der Waals surface area (Å²) in [7, 11) is 0. The van der Waals surface area contributed by atoms with E-state index in [-0.39, 0.29) is 0 Å². The van der Waals surface area contributed by atoms with Crippen LogP contribution in [-0.4, -0.2) is 11.1 Å². The van der Waals surface area contributed by atoms with Gasteiger partial charge in [-0.15, -0.1) is 6.58 Å². The number of carbonyl (C=O) groups is 1. The Morgan fingerprint density at radius 1 is 1.19 bits per heavy atom. The van der Waals surface area contributed by atoms with E-state index in [1.807, 2.05) is 0 Å². The molecule has 0 aliphatic rings. The minimum Gasteiger partial charge on any atom is -0.481 e. The van der Waals surface area contributed by atoms with Crippen molar-refractivity contribution in [2.45, 2.75) is 64.7 Å². The van der Waals surface area contributed by atoms with Gasteiger partial charge in [0.2, 0.25) is 0 Å². The first-order chi connectivity index (χ1) is 7.70. The molecule has 0 aromatic rings. The molecule has 0 aromatic heterocycles. The highest BCUT2D eigenvalue weighted by Crippen LogP contribution is 2.17. The molecule has 16 heavy (non-hydrogen) atoms. The molecule has 0 saturated carbocycles. The maximum Gasteiger partial charge on any atom is 0.303 e. The van der Waals surface area contributed by atoms with Crippen LogP contribution < -0.4 is 0 Å². The topological polar surface area (TPSA) is 37.3 Å². The second kappa shape index (κ2) is 10.7. The summed E-state index contributed by atoms with van der Waals surface area (Å²) in [5.74, 6) is 0.0127. The fourth-order valence-corrected chi connectivity index (χ4v) is 1.96. The first-order valence-corrected chi connectivity index (χ1v) is 6.55. The van der Waals surface area contributed by atoms with Crippen molar-refractivity contribution in [1.82, 2.24) is 0 Å². The van der Waals surface area contributed by atoms with Crippen LogP contribution in [0.25, 0.3) is 0 Å². The van der Waals surface area contributed by atoms with Crippen molar-refractivity contribution < 1.29 is 9.90 Å². The molecule has 2 nitrogen and oxygen atoms in total. The molecule has 0 aliphatic heterocycles. The van der Waals surface area contributed by atoms with Crippen LogP contribution in [0.1, 0.15) is 64.7 Å². The summed E-state index contributed by atoms with van der Waals surface area (Å²) in [6, 6.07) is 0. The molecule has 0 bridgehead atoms. The zero-order valence-electron chi connectivity index (χ0n) is 10.6. The Balaban J connectivity index is 3.25. The van der Waals surface area contributed by atoms with Gasteiger partial charge in [-0.1, -0.05) is 45.1 Å². The van der Waals surface area contributed by atoms with Gasteiger partial charge in [-0.2, -0.15) is 0 Å². The van der Waals surface area contributed by atoms with Crippen LogP contribution in [0, 0.1) is 5.92 Å². The third-order valence-electron chi connectivity index (χ3n) is 2.96. The van der Waals surface area contributed by atoms with Gasteiger partial charge in [-0.3, -0.25) is 4.79 Å². The second-order valence-corrected chi connectivity index (χ2v) is 4.48. The lowest BCUT2D eigenvalue weighted by Crippen LogP contribution is -1.96. The highest BCUT2D eigenvalue weighted by atomic mass is 16.4. The molecule has 1 unspecified atom stereocenters. The number of aliphatic carboxylic acids is 1. The third-order valence-corrected chi connectivity index (χ3v) is 2.96. The van der Waals surface area contributed by atoms with Crippen LogP contribution in [0.3, 0.4) is 0 Å². The quantitative estimate of drug-likeness (QED) is 0.418. The molecule has 0 spiro atoms. The van der Waals surface area contributed by atoms with Crippen molar-refractivity contribution in [3.8, 4) is 0 Å². The minimum atomic E-state index is -0.672. The SMILES string of the molecule is C=CC(CCC)CCCCCCCC(=O)O. The summed E-state index contributed by atoms with van der Waals surface area (Å²) < 4.78 is 0.